The summed E-state index contributed by atoms with van der Waals surface area (Å²) in [7, 11) is 0. The van der Waals surface area contributed by atoms with Crippen LogP contribution in [0.2, 0.25) is 0 Å². The Kier molecular flexibility index (Phi) is 5.03. The summed E-state index contributed by atoms with van der Waals surface area (Å²) in [6.45, 7) is 4.07. The highest BCUT2D eigenvalue weighted by Crippen LogP contribution is 2.35. The second-order valence-electron chi connectivity index (χ2n) is 6.44. The third-order valence-electron chi connectivity index (χ3n) is 4.23. The van der Waals surface area contributed by atoms with Crippen LogP contribution in [0.3, 0.4) is 0 Å². The molecule has 0 spiro atoms. The number of alkyl halides is 3. The Morgan fingerprint density at radius 3 is 2.37 bits per heavy atom. The van der Waals surface area contributed by atoms with Gasteiger partial charge in [0, 0.05) is 5.56 Å². The number of thiazole rings is 1. The summed E-state index contributed by atoms with van der Waals surface area (Å²) >= 11 is 0.937. The van der Waals surface area contributed by atoms with E-state index in [1.54, 1.807) is 12.1 Å². The zero-order valence-corrected chi connectivity index (χ0v) is 15.4. The van der Waals surface area contributed by atoms with Gasteiger partial charge in [-0.1, -0.05) is 38.1 Å². The predicted molar refractivity (Wildman–Crippen MR) is 97.8 cm³/mol. The number of rotatable bonds is 4. The number of aromatic nitrogens is 1. The van der Waals surface area contributed by atoms with Crippen molar-refractivity contribution in [1.82, 2.24) is 4.98 Å². The molecule has 0 radical (unpaired) electrons. The zero-order chi connectivity index (χ0) is 19.8. The molecule has 0 saturated heterocycles. The Bertz CT molecular complexity index is 1030. The molecule has 1 heterocycles. The van der Waals surface area contributed by atoms with Crippen molar-refractivity contribution in [3.05, 3.63) is 64.2 Å². The lowest BCUT2D eigenvalue weighted by molar-refractivity contribution is -0.137. The van der Waals surface area contributed by atoms with E-state index in [1.165, 1.54) is 6.07 Å². The van der Waals surface area contributed by atoms with E-state index in [9.17, 15) is 23.2 Å². The summed E-state index contributed by atoms with van der Waals surface area (Å²) in [6.07, 6.45) is -4.46. The van der Waals surface area contributed by atoms with Crippen molar-refractivity contribution in [2.45, 2.75) is 31.9 Å². The van der Waals surface area contributed by atoms with Crippen LogP contribution in [0.5, 0.6) is 0 Å². The molecule has 0 amide bonds. The van der Waals surface area contributed by atoms with Gasteiger partial charge < -0.3 is 0 Å². The lowest BCUT2D eigenvalue weighted by atomic mass is 9.96. The van der Waals surface area contributed by atoms with E-state index in [0.717, 1.165) is 29.0 Å². The second-order valence-corrected chi connectivity index (χ2v) is 7.50. The Balaban J connectivity index is 1.95. The van der Waals surface area contributed by atoms with Crippen LogP contribution < -0.4 is 0 Å². The van der Waals surface area contributed by atoms with E-state index in [2.05, 4.69) is 4.98 Å². The molecule has 1 aromatic heterocycles. The average Bonchev–Trinajstić information content (AvgIpc) is 3.04. The Morgan fingerprint density at radius 1 is 1.15 bits per heavy atom. The van der Waals surface area contributed by atoms with Crippen molar-refractivity contribution in [3.63, 3.8) is 0 Å². The normalized spacial score (nSPS) is 12.9. The molecule has 3 rings (SSSR count). The highest BCUT2D eigenvalue weighted by atomic mass is 32.1. The number of carbonyl (C=O) groups is 1. The van der Waals surface area contributed by atoms with Gasteiger partial charge in [-0.25, -0.2) is 4.98 Å². The number of Topliss-reactive ketones (excluding diaryl/α,β-unsaturated/α-hetero) is 1. The van der Waals surface area contributed by atoms with Gasteiger partial charge in [-0.2, -0.15) is 18.4 Å². The fourth-order valence-electron chi connectivity index (χ4n) is 2.67. The van der Waals surface area contributed by atoms with Crippen LogP contribution in [0.15, 0.2) is 42.5 Å². The minimum Gasteiger partial charge on any atom is -0.292 e. The van der Waals surface area contributed by atoms with Crippen LogP contribution >= 0.6 is 11.3 Å². The first-order valence-corrected chi connectivity index (χ1v) is 9.04. The lowest BCUT2D eigenvalue weighted by Gasteiger charge is -2.08. The third-order valence-corrected chi connectivity index (χ3v) is 5.32. The van der Waals surface area contributed by atoms with Gasteiger partial charge in [-0.15, -0.1) is 11.3 Å². The minimum atomic E-state index is -4.46. The Morgan fingerprint density at radius 2 is 1.81 bits per heavy atom. The van der Waals surface area contributed by atoms with Gasteiger partial charge in [-0.3, -0.25) is 4.79 Å². The molecule has 0 aliphatic rings. The summed E-state index contributed by atoms with van der Waals surface area (Å²) in [5.41, 5.74) is 1.00. The SMILES string of the molecule is CC(C)c1ccc(C(=O)C(C#N)c2nc3ccc(C(F)(F)F)cc3s2)cc1. The fourth-order valence-corrected chi connectivity index (χ4v) is 3.72. The number of nitrogens with zero attached hydrogens (tertiary/aromatic N) is 2. The molecule has 7 heteroatoms. The maximum Gasteiger partial charge on any atom is 0.416 e. The summed E-state index contributed by atoms with van der Waals surface area (Å²) < 4.78 is 38.9. The maximum absolute atomic E-state index is 12.9. The number of halogens is 3. The van der Waals surface area contributed by atoms with Crippen molar-refractivity contribution in [2.24, 2.45) is 0 Å². The van der Waals surface area contributed by atoms with Crippen LogP contribution in [-0.2, 0) is 6.18 Å². The summed E-state index contributed by atoms with van der Waals surface area (Å²) in [5.74, 6) is -1.25. The molecule has 1 unspecified atom stereocenters. The van der Waals surface area contributed by atoms with Gasteiger partial charge in [0.1, 0.15) is 5.01 Å². The van der Waals surface area contributed by atoms with Crippen molar-refractivity contribution >= 4 is 27.3 Å². The molecule has 1 atom stereocenters. The van der Waals surface area contributed by atoms with E-state index in [1.807, 2.05) is 32.0 Å². The first-order valence-electron chi connectivity index (χ1n) is 8.22. The minimum absolute atomic E-state index is 0.199. The van der Waals surface area contributed by atoms with E-state index in [0.29, 0.717) is 21.7 Å². The van der Waals surface area contributed by atoms with E-state index in [4.69, 9.17) is 0 Å². The van der Waals surface area contributed by atoms with Gasteiger partial charge in [0.05, 0.1) is 21.8 Å². The molecule has 3 nitrogen and oxygen atoms in total. The molecule has 0 N–H and O–H groups in total. The van der Waals surface area contributed by atoms with Gasteiger partial charge in [0.15, 0.2) is 11.7 Å². The third kappa shape index (κ3) is 3.86. The number of hydrogen-bond donors (Lipinski definition) is 0. The highest BCUT2D eigenvalue weighted by molar-refractivity contribution is 7.18. The van der Waals surface area contributed by atoms with E-state index in [-0.39, 0.29) is 5.01 Å². The molecule has 2 aromatic carbocycles. The van der Waals surface area contributed by atoms with Gasteiger partial charge in [0.25, 0.3) is 0 Å². The number of fused-ring (bicyclic) bond motifs is 1. The Labute approximate surface area is 158 Å². The molecule has 0 aliphatic carbocycles. The van der Waals surface area contributed by atoms with Crippen molar-refractivity contribution in [1.29, 1.82) is 5.26 Å². The molecule has 0 bridgehead atoms. The number of benzene rings is 2. The average molecular weight is 388 g/mol. The van der Waals surface area contributed by atoms with Crippen molar-refractivity contribution in [3.8, 4) is 6.07 Å². The van der Waals surface area contributed by atoms with Crippen LogP contribution in [0.1, 0.15) is 52.2 Å². The van der Waals surface area contributed by atoms with Gasteiger partial charge in [0.2, 0.25) is 0 Å². The first kappa shape index (κ1) is 19.1. The summed E-state index contributed by atoms with van der Waals surface area (Å²) in [5, 5.41) is 9.68. The summed E-state index contributed by atoms with van der Waals surface area (Å²) in [4.78, 5) is 16.9. The molecular formula is C20H15F3N2OS. The van der Waals surface area contributed by atoms with Gasteiger partial charge in [-0.05, 0) is 29.7 Å². The number of hydrogen-bond acceptors (Lipinski definition) is 4. The van der Waals surface area contributed by atoms with Crippen molar-refractivity contribution < 1.29 is 18.0 Å². The molecule has 138 valence electrons. The zero-order valence-electron chi connectivity index (χ0n) is 14.5. The molecule has 3 aromatic rings. The second kappa shape index (κ2) is 7.12. The highest BCUT2D eigenvalue weighted by Gasteiger charge is 2.31. The molecule has 0 aliphatic heterocycles. The molecule has 27 heavy (non-hydrogen) atoms. The maximum atomic E-state index is 12.9. The monoisotopic (exact) mass is 388 g/mol. The smallest absolute Gasteiger partial charge is 0.292 e. The number of ketones is 1. The van der Waals surface area contributed by atoms with E-state index >= 15 is 0 Å². The van der Waals surface area contributed by atoms with Crippen LogP contribution in [0.25, 0.3) is 10.2 Å². The standard InChI is InChI=1S/C20H15F3N2OS/c1-11(2)12-3-5-13(6-4-12)18(26)15(10-24)19-25-16-8-7-14(20(21,22)23)9-17(16)27-19/h3-9,11,15H,1-2H3. The van der Waals surface area contributed by atoms with Crippen molar-refractivity contribution in [2.75, 3.05) is 0 Å². The lowest BCUT2D eigenvalue weighted by Crippen LogP contribution is -2.11. The summed E-state index contributed by atoms with van der Waals surface area (Å²) in [6, 6.07) is 12.1. The number of carbonyl (C=O) groups excluding carboxylic acids is 1. The number of nitriles is 1. The quantitative estimate of drug-likeness (QED) is 0.521. The molecule has 0 saturated carbocycles. The van der Waals surface area contributed by atoms with Crippen LogP contribution in [0, 0.1) is 11.3 Å². The first-order chi connectivity index (χ1) is 12.7. The van der Waals surface area contributed by atoms with E-state index < -0.39 is 23.4 Å². The fraction of sp³-hybridized carbons (Fsp3) is 0.250. The Hall–Kier alpha value is -2.72. The molecular weight excluding hydrogens is 373 g/mol. The van der Waals surface area contributed by atoms with Crippen LogP contribution in [-0.4, -0.2) is 10.8 Å². The topological polar surface area (TPSA) is 53.8 Å². The largest absolute Gasteiger partial charge is 0.416 e. The van der Waals surface area contributed by atoms with Gasteiger partial charge >= 0.3 is 6.18 Å². The van der Waals surface area contributed by atoms with Crippen LogP contribution in [0.4, 0.5) is 13.2 Å². The molecule has 0 fully saturated rings. The predicted octanol–water partition coefficient (Wildman–Crippen LogP) is 5.93.